The van der Waals surface area contributed by atoms with Crippen molar-refractivity contribution in [3.8, 4) is 5.75 Å². The first-order valence-corrected chi connectivity index (χ1v) is 6.13. The summed E-state index contributed by atoms with van der Waals surface area (Å²) >= 11 is 0. The lowest BCUT2D eigenvalue weighted by atomic mass is 9.80. The van der Waals surface area contributed by atoms with Crippen LogP contribution in [0.25, 0.3) is 0 Å². The van der Waals surface area contributed by atoms with Gasteiger partial charge in [0.2, 0.25) is 0 Å². The highest BCUT2D eigenvalue weighted by Gasteiger charge is 2.34. The van der Waals surface area contributed by atoms with Gasteiger partial charge in [0, 0.05) is 24.4 Å². The number of aliphatic hydroxyl groups is 1. The van der Waals surface area contributed by atoms with Crippen LogP contribution in [0, 0.1) is 5.82 Å². The number of methoxy groups -OCH3 is 1. The third-order valence-corrected chi connectivity index (χ3v) is 3.23. The molecule has 0 bridgehead atoms. The van der Waals surface area contributed by atoms with E-state index in [0.717, 1.165) is 6.42 Å². The Morgan fingerprint density at radius 1 is 1.47 bits per heavy atom. The average Bonchev–Trinajstić information content (AvgIpc) is 2.33. The minimum absolute atomic E-state index is 0.200. The SMILES string of the molecule is COc1cc(F)cc(NC(=O)NCC2(O)CCC2)c1. The van der Waals surface area contributed by atoms with Crippen molar-refractivity contribution < 1.29 is 19.0 Å². The molecule has 2 amide bonds. The van der Waals surface area contributed by atoms with Gasteiger partial charge in [0.15, 0.2) is 0 Å². The molecule has 0 aliphatic heterocycles. The number of anilines is 1. The van der Waals surface area contributed by atoms with Gasteiger partial charge >= 0.3 is 6.03 Å². The first-order valence-electron chi connectivity index (χ1n) is 6.13. The summed E-state index contributed by atoms with van der Waals surface area (Å²) in [5.41, 5.74) is -0.480. The Kier molecular flexibility index (Phi) is 3.90. The Labute approximate surface area is 110 Å². The predicted molar refractivity (Wildman–Crippen MR) is 68.8 cm³/mol. The molecule has 1 fully saturated rings. The predicted octanol–water partition coefficient (Wildman–Crippen LogP) is 1.87. The summed E-state index contributed by atoms with van der Waals surface area (Å²) in [6.45, 7) is 0.200. The normalized spacial score (nSPS) is 16.4. The number of benzene rings is 1. The summed E-state index contributed by atoms with van der Waals surface area (Å²) in [5.74, 6) is -0.166. The number of urea groups is 1. The van der Waals surface area contributed by atoms with Crippen molar-refractivity contribution in [3.63, 3.8) is 0 Å². The van der Waals surface area contributed by atoms with E-state index < -0.39 is 17.4 Å². The third-order valence-electron chi connectivity index (χ3n) is 3.23. The standard InChI is InChI=1S/C13H17FN2O3/c1-19-11-6-9(14)5-10(7-11)16-12(17)15-8-13(18)3-2-4-13/h5-7,18H,2-4,8H2,1H3,(H2,15,16,17). The molecule has 1 aromatic carbocycles. The highest BCUT2D eigenvalue weighted by molar-refractivity contribution is 5.89. The highest BCUT2D eigenvalue weighted by atomic mass is 19.1. The monoisotopic (exact) mass is 268 g/mol. The third kappa shape index (κ3) is 3.57. The zero-order valence-electron chi connectivity index (χ0n) is 10.7. The number of hydrogen-bond donors (Lipinski definition) is 3. The molecule has 19 heavy (non-hydrogen) atoms. The number of hydrogen-bond acceptors (Lipinski definition) is 3. The maximum atomic E-state index is 13.2. The van der Waals surface area contributed by atoms with E-state index in [1.807, 2.05) is 0 Å². The fraction of sp³-hybridized carbons (Fsp3) is 0.462. The smallest absolute Gasteiger partial charge is 0.319 e. The van der Waals surface area contributed by atoms with Gasteiger partial charge in [-0.15, -0.1) is 0 Å². The van der Waals surface area contributed by atoms with Crippen LogP contribution in [0.2, 0.25) is 0 Å². The van der Waals surface area contributed by atoms with Gasteiger partial charge in [0.05, 0.1) is 12.7 Å². The van der Waals surface area contributed by atoms with Gasteiger partial charge in [-0.05, 0) is 25.3 Å². The summed E-state index contributed by atoms with van der Waals surface area (Å²) in [5, 5.41) is 14.9. The number of halogens is 1. The zero-order chi connectivity index (χ0) is 13.9. The van der Waals surface area contributed by atoms with Gasteiger partial charge < -0.3 is 20.5 Å². The Balaban J connectivity index is 1.89. The van der Waals surface area contributed by atoms with Crippen molar-refractivity contribution >= 4 is 11.7 Å². The van der Waals surface area contributed by atoms with Crippen LogP contribution in [0.3, 0.4) is 0 Å². The molecule has 104 valence electrons. The maximum Gasteiger partial charge on any atom is 0.319 e. The largest absolute Gasteiger partial charge is 0.497 e. The summed E-state index contributed by atoms with van der Waals surface area (Å²) in [4.78, 5) is 11.6. The number of rotatable bonds is 4. The Bertz CT molecular complexity index is 475. The van der Waals surface area contributed by atoms with Crippen LogP contribution in [0.4, 0.5) is 14.9 Å². The van der Waals surface area contributed by atoms with E-state index in [2.05, 4.69) is 10.6 Å². The van der Waals surface area contributed by atoms with Crippen LogP contribution in [0.1, 0.15) is 19.3 Å². The van der Waals surface area contributed by atoms with Gasteiger partial charge in [-0.25, -0.2) is 9.18 Å². The lowest BCUT2D eigenvalue weighted by molar-refractivity contribution is -0.0287. The summed E-state index contributed by atoms with van der Waals surface area (Å²) < 4.78 is 18.1. The molecule has 1 saturated carbocycles. The molecule has 0 radical (unpaired) electrons. The van der Waals surface area contributed by atoms with Crippen molar-refractivity contribution in [1.29, 1.82) is 0 Å². The molecule has 3 N–H and O–H groups in total. The second-order valence-electron chi connectivity index (χ2n) is 4.77. The minimum Gasteiger partial charge on any atom is -0.497 e. The first-order chi connectivity index (χ1) is 9.00. The average molecular weight is 268 g/mol. The van der Waals surface area contributed by atoms with Crippen molar-refractivity contribution in [2.24, 2.45) is 0 Å². The summed E-state index contributed by atoms with van der Waals surface area (Å²) in [6.07, 6.45) is 2.36. The second kappa shape index (κ2) is 5.44. The molecule has 6 heteroatoms. The highest BCUT2D eigenvalue weighted by Crippen LogP contribution is 2.30. The molecule has 0 saturated heterocycles. The molecule has 0 unspecified atom stereocenters. The Hall–Kier alpha value is -1.82. The van der Waals surface area contributed by atoms with Gasteiger partial charge in [0.1, 0.15) is 11.6 Å². The van der Waals surface area contributed by atoms with E-state index >= 15 is 0 Å². The van der Waals surface area contributed by atoms with Crippen LogP contribution < -0.4 is 15.4 Å². The maximum absolute atomic E-state index is 13.2. The van der Waals surface area contributed by atoms with Gasteiger partial charge in [0.25, 0.3) is 0 Å². The van der Waals surface area contributed by atoms with Crippen LogP contribution in [0.5, 0.6) is 5.75 Å². The van der Waals surface area contributed by atoms with Crippen LogP contribution in [-0.4, -0.2) is 30.4 Å². The topological polar surface area (TPSA) is 70.6 Å². The number of ether oxygens (including phenoxy) is 1. The Morgan fingerprint density at radius 3 is 2.79 bits per heavy atom. The number of carbonyl (C=O) groups excluding carboxylic acids is 1. The molecule has 1 aliphatic rings. The van der Waals surface area contributed by atoms with E-state index in [4.69, 9.17) is 4.74 Å². The molecular formula is C13H17FN2O3. The van der Waals surface area contributed by atoms with Gasteiger partial charge in [-0.1, -0.05) is 0 Å². The van der Waals surface area contributed by atoms with E-state index in [1.165, 1.54) is 25.3 Å². The molecular weight excluding hydrogens is 251 g/mol. The minimum atomic E-state index is -0.781. The quantitative estimate of drug-likeness (QED) is 0.780. The molecule has 5 nitrogen and oxygen atoms in total. The fourth-order valence-corrected chi connectivity index (χ4v) is 1.93. The van der Waals surface area contributed by atoms with Crippen molar-refractivity contribution in [1.82, 2.24) is 5.32 Å². The van der Waals surface area contributed by atoms with Crippen molar-refractivity contribution in [3.05, 3.63) is 24.0 Å². The van der Waals surface area contributed by atoms with E-state index in [-0.39, 0.29) is 6.54 Å². The molecule has 1 aliphatic carbocycles. The number of amides is 2. The molecule has 0 heterocycles. The van der Waals surface area contributed by atoms with Gasteiger partial charge in [-0.3, -0.25) is 0 Å². The molecule has 2 rings (SSSR count). The lowest BCUT2D eigenvalue weighted by Crippen LogP contribution is -2.48. The van der Waals surface area contributed by atoms with Crippen molar-refractivity contribution in [2.45, 2.75) is 24.9 Å². The van der Waals surface area contributed by atoms with Crippen LogP contribution >= 0.6 is 0 Å². The summed E-state index contributed by atoms with van der Waals surface area (Å²) in [7, 11) is 1.42. The zero-order valence-corrected chi connectivity index (χ0v) is 10.7. The number of carbonyl (C=O) groups is 1. The lowest BCUT2D eigenvalue weighted by Gasteiger charge is -2.36. The van der Waals surface area contributed by atoms with E-state index in [9.17, 15) is 14.3 Å². The van der Waals surface area contributed by atoms with Crippen molar-refractivity contribution in [2.75, 3.05) is 19.0 Å². The fourth-order valence-electron chi connectivity index (χ4n) is 1.93. The van der Waals surface area contributed by atoms with E-state index in [0.29, 0.717) is 24.3 Å². The van der Waals surface area contributed by atoms with Crippen LogP contribution in [-0.2, 0) is 0 Å². The molecule has 0 atom stereocenters. The first kappa shape index (κ1) is 13.6. The Morgan fingerprint density at radius 2 is 2.21 bits per heavy atom. The molecule has 0 aromatic heterocycles. The van der Waals surface area contributed by atoms with Gasteiger partial charge in [-0.2, -0.15) is 0 Å². The second-order valence-corrected chi connectivity index (χ2v) is 4.77. The molecule has 0 spiro atoms. The van der Waals surface area contributed by atoms with E-state index in [1.54, 1.807) is 0 Å². The number of nitrogens with one attached hydrogen (secondary N) is 2. The summed E-state index contributed by atoms with van der Waals surface area (Å²) in [6, 6.07) is 3.45. The van der Waals surface area contributed by atoms with Crippen LogP contribution in [0.15, 0.2) is 18.2 Å². The molecule has 1 aromatic rings.